The first-order valence-corrected chi connectivity index (χ1v) is 3.70. The molecule has 0 aliphatic carbocycles. The Hall–Kier alpha value is -1.36. The highest BCUT2D eigenvalue weighted by Crippen LogP contribution is 2.01. The molecule has 0 saturated heterocycles. The number of hydrogen-bond acceptors (Lipinski definition) is 4. The molecule has 5 nitrogen and oxygen atoms in total. The minimum Gasteiger partial charge on any atom is -0.382 e. The number of anilines is 1. The second-order valence-corrected chi connectivity index (χ2v) is 2.66. The van der Waals surface area contributed by atoms with Crippen molar-refractivity contribution < 1.29 is 4.79 Å². The van der Waals surface area contributed by atoms with Crippen molar-refractivity contribution in [2.75, 3.05) is 12.3 Å². The minimum absolute atomic E-state index is 0.130. The van der Waals surface area contributed by atoms with Gasteiger partial charge in [-0.3, -0.25) is 4.79 Å². The molecule has 1 unspecified atom stereocenters. The quantitative estimate of drug-likeness (QED) is 0.634. The van der Waals surface area contributed by atoms with E-state index in [0.717, 1.165) is 0 Å². The van der Waals surface area contributed by atoms with Crippen molar-refractivity contribution in [2.24, 2.45) is 11.7 Å². The molecule has 0 aromatic carbocycles. The summed E-state index contributed by atoms with van der Waals surface area (Å²) < 4.78 is 1.22. The maximum absolute atomic E-state index is 11.4. The molecule has 1 rings (SSSR count). The van der Waals surface area contributed by atoms with E-state index in [0.29, 0.717) is 12.4 Å². The van der Waals surface area contributed by atoms with Crippen LogP contribution in [0.25, 0.3) is 0 Å². The van der Waals surface area contributed by atoms with Crippen LogP contribution in [0, 0.1) is 5.92 Å². The van der Waals surface area contributed by atoms with Gasteiger partial charge in [-0.25, -0.2) is 4.68 Å². The Kier molecular flexibility index (Phi) is 2.44. The third-order valence-corrected chi connectivity index (χ3v) is 1.61. The highest BCUT2D eigenvalue weighted by molar-refractivity contribution is 5.80. The van der Waals surface area contributed by atoms with Crippen LogP contribution in [-0.2, 0) is 0 Å². The third kappa shape index (κ3) is 1.62. The Morgan fingerprint density at radius 3 is 2.92 bits per heavy atom. The van der Waals surface area contributed by atoms with Gasteiger partial charge in [0.15, 0.2) is 0 Å². The summed E-state index contributed by atoms with van der Waals surface area (Å²) >= 11 is 0. The number of nitrogens with two attached hydrogens (primary N) is 2. The van der Waals surface area contributed by atoms with E-state index in [-0.39, 0.29) is 11.8 Å². The summed E-state index contributed by atoms with van der Waals surface area (Å²) in [6.45, 7) is 2.07. The van der Waals surface area contributed by atoms with Crippen molar-refractivity contribution in [3.63, 3.8) is 0 Å². The zero-order valence-electron chi connectivity index (χ0n) is 6.90. The average molecular weight is 168 g/mol. The van der Waals surface area contributed by atoms with Crippen LogP contribution >= 0.6 is 0 Å². The standard InChI is InChI=1S/C7H12N4O/c1-5(4-8)7(12)11-3-2-6(9)10-11/h2-3,5H,4,8H2,1H3,(H2,9,10). The number of nitrogens with zero attached hydrogens (tertiary/aromatic N) is 2. The SMILES string of the molecule is CC(CN)C(=O)n1ccc(N)n1. The van der Waals surface area contributed by atoms with Gasteiger partial charge in [0.2, 0.25) is 0 Å². The Bertz CT molecular complexity index is 281. The van der Waals surface area contributed by atoms with Crippen LogP contribution in [0.1, 0.15) is 11.7 Å². The van der Waals surface area contributed by atoms with Crippen LogP contribution in [0.5, 0.6) is 0 Å². The lowest BCUT2D eigenvalue weighted by atomic mass is 10.2. The van der Waals surface area contributed by atoms with E-state index in [1.165, 1.54) is 10.9 Å². The maximum atomic E-state index is 11.4. The number of nitrogen functional groups attached to an aromatic ring is 1. The minimum atomic E-state index is -0.218. The molecule has 0 spiro atoms. The Morgan fingerprint density at radius 1 is 1.83 bits per heavy atom. The van der Waals surface area contributed by atoms with Gasteiger partial charge in [-0.15, -0.1) is 5.10 Å². The monoisotopic (exact) mass is 168 g/mol. The number of aromatic nitrogens is 2. The molecule has 1 atom stereocenters. The second kappa shape index (κ2) is 3.36. The van der Waals surface area contributed by atoms with Gasteiger partial charge in [-0.05, 0) is 0 Å². The summed E-state index contributed by atoms with van der Waals surface area (Å²) in [6, 6.07) is 1.57. The number of rotatable bonds is 2. The molecule has 1 aromatic rings. The Morgan fingerprint density at radius 2 is 2.50 bits per heavy atom. The van der Waals surface area contributed by atoms with Gasteiger partial charge in [0.25, 0.3) is 5.91 Å². The molecular formula is C7H12N4O. The largest absolute Gasteiger partial charge is 0.382 e. The summed E-state index contributed by atoms with van der Waals surface area (Å²) in [5, 5.41) is 3.77. The van der Waals surface area contributed by atoms with E-state index in [2.05, 4.69) is 5.10 Å². The lowest BCUT2D eigenvalue weighted by Crippen LogP contribution is -2.26. The average Bonchev–Trinajstić information content (AvgIpc) is 2.49. The van der Waals surface area contributed by atoms with E-state index < -0.39 is 0 Å². The molecule has 0 aliphatic heterocycles. The van der Waals surface area contributed by atoms with Crippen molar-refractivity contribution in [1.29, 1.82) is 0 Å². The molecule has 1 heterocycles. The molecule has 66 valence electrons. The lowest BCUT2D eigenvalue weighted by molar-refractivity contribution is 0.0833. The second-order valence-electron chi connectivity index (χ2n) is 2.66. The van der Waals surface area contributed by atoms with E-state index >= 15 is 0 Å². The zero-order chi connectivity index (χ0) is 9.14. The maximum Gasteiger partial charge on any atom is 0.251 e. The molecule has 0 saturated carbocycles. The third-order valence-electron chi connectivity index (χ3n) is 1.61. The fourth-order valence-electron chi connectivity index (χ4n) is 0.787. The van der Waals surface area contributed by atoms with Gasteiger partial charge in [0, 0.05) is 24.7 Å². The molecule has 1 aromatic heterocycles. The molecule has 0 amide bonds. The van der Waals surface area contributed by atoms with Crippen molar-refractivity contribution in [1.82, 2.24) is 9.78 Å². The summed E-state index contributed by atoms with van der Waals surface area (Å²) in [6.07, 6.45) is 1.53. The molecule has 0 radical (unpaired) electrons. The Balaban J connectivity index is 2.78. The van der Waals surface area contributed by atoms with E-state index in [9.17, 15) is 4.79 Å². The van der Waals surface area contributed by atoms with Gasteiger partial charge in [0.1, 0.15) is 5.82 Å². The van der Waals surface area contributed by atoms with Gasteiger partial charge >= 0.3 is 0 Å². The summed E-state index contributed by atoms with van der Waals surface area (Å²) in [5.74, 6) is -0.00827. The predicted octanol–water partition coefficient (Wildman–Crippen LogP) is -0.300. The van der Waals surface area contributed by atoms with Crippen LogP contribution in [0.4, 0.5) is 5.82 Å². The molecule has 0 aliphatic rings. The van der Waals surface area contributed by atoms with Crippen LogP contribution in [0.2, 0.25) is 0 Å². The normalized spacial score (nSPS) is 12.8. The topological polar surface area (TPSA) is 86.9 Å². The molecule has 5 heteroatoms. The molecule has 0 fully saturated rings. The summed E-state index contributed by atoms with van der Waals surface area (Å²) in [4.78, 5) is 11.4. The van der Waals surface area contributed by atoms with Crippen LogP contribution < -0.4 is 11.5 Å². The molecule has 4 N–H and O–H groups in total. The van der Waals surface area contributed by atoms with Crippen LogP contribution in [0.15, 0.2) is 12.3 Å². The Labute approximate surface area is 70.3 Å². The molecule has 0 bridgehead atoms. The predicted molar refractivity (Wildman–Crippen MR) is 45.5 cm³/mol. The van der Waals surface area contributed by atoms with Crippen molar-refractivity contribution in [3.8, 4) is 0 Å². The van der Waals surface area contributed by atoms with E-state index in [1.54, 1.807) is 13.0 Å². The highest BCUT2D eigenvalue weighted by Gasteiger charge is 2.13. The number of carbonyl (C=O) groups excluding carboxylic acids is 1. The smallest absolute Gasteiger partial charge is 0.251 e. The van der Waals surface area contributed by atoms with Crippen molar-refractivity contribution >= 4 is 11.7 Å². The molecule has 12 heavy (non-hydrogen) atoms. The van der Waals surface area contributed by atoms with Gasteiger partial charge < -0.3 is 11.5 Å². The first-order valence-electron chi connectivity index (χ1n) is 3.70. The van der Waals surface area contributed by atoms with E-state index in [4.69, 9.17) is 11.5 Å². The van der Waals surface area contributed by atoms with Gasteiger partial charge in [0.05, 0.1) is 0 Å². The summed E-state index contributed by atoms with van der Waals surface area (Å²) in [5.41, 5.74) is 10.7. The first-order chi connectivity index (χ1) is 5.65. The first kappa shape index (κ1) is 8.73. The summed E-state index contributed by atoms with van der Waals surface area (Å²) in [7, 11) is 0. The van der Waals surface area contributed by atoms with Crippen LogP contribution in [0.3, 0.4) is 0 Å². The highest BCUT2D eigenvalue weighted by atomic mass is 16.2. The van der Waals surface area contributed by atoms with E-state index in [1.807, 2.05) is 0 Å². The number of hydrogen-bond donors (Lipinski definition) is 2. The fourth-order valence-corrected chi connectivity index (χ4v) is 0.787. The van der Waals surface area contributed by atoms with Crippen molar-refractivity contribution in [2.45, 2.75) is 6.92 Å². The fraction of sp³-hybridized carbons (Fsp3) is 0.429. The van der Waals surface area contributed by atoms with Crippen LogP contribution in [-0.4, -0.2) is 22.2 Å². The van der Waals surface area contributed by atoms with Gasteiger partial charge in [-0.2, -0.15) is 0 Å². The number of carbonyl (C=O) groups is 1. The van der Waals surface area contributed by atoms with Crippen molar-refractivity contribution in [3.05, 3.63) is 12.3 Å². The molecular weight excluding hydrogens is 156 g/mol. The zero-order valence-corrected chi connectivity index (χ0v) is 6.90. The van der Waals surface area contributed by atoms with Gasteiger partial charge in [-0.1, -0.05) is 6.92 Å². The lowest BCUT2D eigenvalue weighted by Gasteiger charge is -2.05.